The molecule has 1 aliphatic rings. The lowest BCUT2D eigenvalue weighted by Gasteiger charge is -2.12. The average molecular weight is 337 g/mol. The Kier molecular flexibility index (Phi) is 4.09. The van der Waals surface area contributed by atoms with Crippen LogP contribution in [0.3, 0.4) is 0 Å². The number of phenols is 1. The second-order valence-corrected chi connectivity index (χ2v) is 5.56. The number of alkyl halides is 3. The highest BCUT2D eigenvalue weighted by molar-refractivity contribution is 5.95. The quantitative estimate of drug-likeness (QED) is 0.891. The summed E-state index contributed by atoms with van der Waals surface area (Å²) in [7, 11) is 0. The van der Waals surface area contributed by atoms with Gasteiger partial charge in [0.15, 0.2) is 11.5 Å². The lowest BCUT2D eigenvalue weighted by molar-refractivity contribution is -0.275. The molecule has 24 heavy (non-hydrogen) atoms. The summed E-state index contributed by atoms with van der Waals surface area (Å²) in [6, 6.07) is 10.4. The lowest BCUT2D eigenvalue weighted by atomic mass is 10.0. The minimum Gasteiger partial charge on any atom is -0.504 e. The molecule has 1 fully saturated rings. The number of hydrogen-bond donors (Lipinski definition) is 2. The topological polar surface area (TPSA) is 58.6 Å². The van der Waals surface area contributed by atoms with Crippen molar-refractivity contribution in [3.8, 4) is 22.6 Å². The molecule has 0 spiro atoms. The maximum Gasteiger partial charge on any atom is 0.573 e. The van der Waals surface area contributed by atoms with Gasteiger partial charge in [-0.05, 0) is 48.2 Å². The third kappa shape index (κ3) is 3.98. The summed E-state index contributed by atoms with van der Waals surface area (Å²) in [5.41, 5.74) is 1.52. The lowest BCUT2D eigenvalue weighted by Crippen LogP contribution is -2.25. The van der Waals surface area contributed by atoms with E-state index in [1.807, 2.05) is 0 Å². The molecule has 0 atom stereocenters. The Morgan fingerprint density at radius 2 is 1.71 bits per heavy atom. The summed E-state index contributed by atoms with van der Waals surface area (Å²) in [6.45, 7) is 0. The van der Waals surface area contributed by atoms with Crippen LogP contribution >= 0.6 is 0 Å². The summed E-state index contributed by atoms with van der Waals surface area (Å²) in [4.78, 5) is 11.9. The van der Waals surface area contributed by atoms with Crippen LogP contribution in [0, 0.1) is 0 Å². The second kappa shape index (κ2) is 6.07. The van der Waals surface area contributed by atoms with Crippen LogP contribution < -0.4 is 10.1 Å². The van der Waals surface area contributed by atoms with E-state index in [1.165, 1.54) is 6.07 Å². The molecule has 3 rings (SSSR count). The number of amides is 1. The fourth-order valence-electron chi connectivity index (χ4n) is 2.21. The summed E-state index contributed by atoms with van der Waals surface area (Å²) in [6.07, 6.45) is -2.92. The number of rotatable bonds is 4. The Labute approximate surface area is 135 Å². The van der Waals surface area contributed by atoms with Crippen LogP contribution in [0.2, 0.25) is 0 Å². The van der Waals surface area contributed by atoms with E-state index in [-0.39, 0.29) is 11.9 Å². The first-order chi connectivity index (χ1) is 11.3. The third-order valence-corrected chi connectivity index (χ3v) is 3.58. The van der Waals surface area contributed by atoms with E-state index in [2.05, 4.69) is 10.1 Å². The Morgan fingerprint density at radius 3 is 2.29 bits per heavy atom. The molecule has 0 heterocycles. The molecule has 0 saturated heterocycles. The van der Waals surface area contributed by atoms with Crippen molar-refractivity contribution in [1.29, 1.82) is 0 Å². The van der Waals surface area contributed by atoms with Gasteiger partial charge >= 0.3 is 6.36 Å². The van der Waals surface area contributed by atoms with Crippen molar-refractivity contribution in [2.45, 2.75) is 25.2 Å². The van der Waals surface area contributed by atoms with Crippen molar-refractivity contribution >= 4 is 5.91 Å². The molecule has 1 aliphatic carbocycles. The molecule has 0 unspecified atom stereocenters. The standard InChI is InChI=1S/C17H14F3NO3/c18-17(19,20)24-15-9-12(5-8-14(15)22)10-1-3-11(4-2-10)16(23)21-13-6-7-13/h1-5,8-9,13,22H,6-7H2,(H,21,23). The Morgan fingerprint density at radius 1 is 1.08 bits per heavy atom. The molecule has 1 amide bonds. The van der Waals surface area contributed by atoms with Gasteiger partial charge in [-0.25, -0.2) is 0 Å². The number of aromatic hydroxyl groups is 1. The zero-order valence-electron chi connectivity index (χ0n) is 12.4. The molecular formula is C17H14F3NO3. The summed E-state index contributed by atoms with van der Waals surface area (Å²) >= 11 is 0. The Balaban J connectivity index is 1.80. The van der Waals surface area contributed by atoms with Crippen LogP contribution in [0.4, 0.5) is 13.2 Å². The Bertz CT molecular complexity index is 753. The zero-order chi connectivity index (χ0) is 17.3. The first-order valence-electron chi connectivity index (χ1n) is 7.32. The molecule has 4 nitrogen and oxygen atoms in total. The molecule has 126 valence electrons. The van der Waals surface area contributed by atoms with Crippen LogP contribution in [-0.2, 0) is 0 Å². The minimum atomic E-state index is -4.89. The summed E-state index contributed by atoms with van der Waals surface area (Å²) in [5.74, 6) is -1.44. The first-order valence-corrected chi connectivity index (χ1v) is 7.32. The molecule has 2 N–H and O–H groups in total. The van der Waals surface area contributed by atoms with Gasteiger partial charge in [-0.3, -0.25) is 4.79 Å². The molecule has 0 aliphatic heterocycles. The number of nitrogens with one attached hydrogen (secondary N) is 1. The van der Waals surface area contributed by atoms with Crippen molar-refractivity contribution in [2.75, 3.05) is 0 Å². The highest BCUT2D eigenvalue weighted by Crippen LogP contribution is 2.35. The number of carbonyl (C=O) groups excluding carboxylic acids is 1. The van der Waals surface area contributed by atoms with Crippen LogP contribution in [0.1, 0.15) is 23.2 Å². The molecule has 0 radical (unpaired) electrons. The molecule has 2 aromatic carbocycles. The van der Waals surface area contributed by atoms with E-state index in [0.717, 1.165) is 25.0 Å². The molecule has 2 aromatic rings. The number of hydrogen-bond acceptors (Lipinski definition) is 3. The fraction of sp³-hybridized carbons (Fsp3) is 0.235. The van der Waals surface area contributed by atoms with E-state index in [1.54, 1.807) is 24.3 Å². The van der Waals surface area contributed by atoms with Crippen molar-refractivity contribution in [2.24, 2.45) is 0 Å². The van der Waals surface area contributed by atoms with Gasteiger partial charge in [0.25, 0.3) is 5.91 Å². The van der Waals surface area contributed by atoms with Crippen LogP contribution in [-0.4, -0.2) is 23.4 Å². The molecule has 7 heteroatoms. The smallest absolute Gasteiger partial charge is 0.504 e. The highest BCUT2D eigenvalue weighted by Gasteiger charge is 2.32. The molecular weight excluding hydrogens is 323 g/mol. The van der Waals surface area contributed by atoms with E-state index >= 15 is 0 Å². The van der Waals surface area contributed by atoms with Crippen molar-refractivity contribution in [3.05, 3.63) is 48.0 Å². The summed E-state index contributed by atoms with van der Waals surface area (Å²) in [5, 5.41) is 12.3. The SMILES string of the molecule is O=C(NC1CC1)c1ccc(-c2ccc(O)c(OC(F)(F)F)c2)cc1. The Hall–Kier alpha value is -2.70. The number of phenolic OH excluding ortho intramolecular Hbond substituents is 1. The van der Waals surface area contributed by atoms with Crippen LogP contribution in [0.15, 0.2) is 42.5 Å². The van der Waals surface area contributed by atoms with Gasteiger partial charge in [0, 0.05) is 11.6 Å². The van der Waals surface area contributed by atoms with Gasteiger partial charge in [0.05, 0.1) is 0 Å². The largest absolute Gasteiger partial charge is 0.573 e. The number of benzene rings is 2. The van der Waals surface area contributed by atoms with Gasteiger partial charge in [-0.15, -0.1) is 13.2 Å². The molecule has 0 aromatic heterocycles. The van der Waals surface area contributed by atoms with E-state index in [9.17, 15) is 23.1 Å². The van der Waals surface area contributed by atoms with Gasteiger partial charge in [-0.2, -0.15) is 0 Å². The van der Waals surface area contributed by atoms with Crippen LogP contribution in [0.25, 0.3) is 11.1 Å². The predicted molar refractivity (Wildman–Crippen MR) is 80.7 cm³/mol. The summed E-state index contributed by atoms with van der Waals surface area (Å²) < 4.78 is 40.8. The van der Waals surface area contributed by atoms with E-state index in [4.69, 9.17) is 0 Å². The van der Waals surface area contributed by atoms with Crippen molar-refractivity contribution in [1.82, 2.24) is 5.32 Å². The minimum absolute atomic E-state index is 0.171. The van der Waals surface area contributed by atoms with Crippen molar-refractivity contribution in [3.63, 3.8) is 0 Å². The average Bonchev–Trinajstić information content (AvgIpc) is 3.32. The van der Waals surface area contributed by atoms with Crippen molar-refractivity contribution < 1.29 is 27.8 Å². The highest BCUT2D eigenvalue weighted by atomic mass is 19.4. The first kappa shape index (κ1) is 16.2. The molecule has 0 bridgehead atoms. The van der Waals surface area contributed by atoms with Crippen LogP contribution in [0.5, 0.6) is 11.5 Å². The van der Waals surface area contributed by atoms with Gasteiger partial charge in [-0.1, -0.05) is 18.2 Å². The maximum absolute atomic E-state index is 12.3. The number of carbonyl (C=O) groups is 1. The van der Waals surface area contributed by atoms with E-state index < -0.39 is 17.9 Å². The predicted octanol–water partition coefficient (Wildman–Crippen LogP) is 3.85. The third-order valence-electron chi connectivity index (χ3n) is 3.58. The normalized spacial score (nSPS) is 14.3. The maximum atomic E-state index is 12.3. The van der Waals surface area contributed by atoms with Gasteiger partial charge in [0.2, 0.25) is 0 Å². The number of ether oxygens (including phenoxy) is 1. The van der Waals surface area contributed by atoms with Gasteiger partial charge in [0.1, 0.15) is 0 Å². The van der Waals surface area contributed by atoms with E-state index in [0.29, 0.717) is 16.7 Å². The second-order valence-electron chi connectivity index (χ2n) is 5.56. The fourth-order valence-corrected chi connectivity index (χ4v) is 2.21. The monoisotopic (exact) mass is 337 g/mol. The zero-order valence-corrected chi connectivity index (χ0v) is 12.4. The molecule has 1 saturated carbocycles. The van der Waals surface area contributed by atoms with Gasteiger partial charge < -0.3 is 15.2 Å². The number of halogens is 3.